The number of hydrogen-bond donors (Lipinski definition) is 1. The number of benzene rings is 1. The third-order valence-electron chi connectivity index (χ3n) is 4.54. The van der Waals surface area contributed by atoms with Crippen LogP contribution in [0.15, 0.2) is 35.2 Å². The fourth-order valence-corrected chi connectivity index (χ4v) is 3.39. The maximum absolute atomic E-state index is 12.4. The van der Waals surface area contributed by atoms with Gasteiger partial charge in [-0.1, -0.05) is 0 Å². The van der Waals surface area contributed by atoms with E-state index >= 15 is 0 Å². The van der Waals surface area contributed by atoms with Crippen molar-refractivity contribution < 1.29 is 14.3 Å². The predicted molar refractivity (Wildman–Crippen MR) is 102 cm³/mol. The number of hydrogen-bond acceptors (Lipinski definition) is 6. The first kappa shape index (κ1) is 18.8. The molecule has 1 N–H and O–H groups in total. The average Bonchev–Trinajstić information content (AvgIpc) is 3.19. The van der Waals surface area contributed by atoms with Crippen molar-refractivity contribution in [2.24, 2.45) is 0 Å². The minimum absolute atomic E-state index is 0.0719. The molecule has 1 aliphatic rings. The first-order valence-electron chi connectivity index (χ1n) is 8.75. The number of thiazole rings is 1. The van der Waals surface area contributed by atoms with Crippen LogP contribution in [0.1, 0.15) is 29.9 Å². The number of rotatable bonds is 7. The van der Waals surface area contributed by atoms with Gasteiger partial charge in [0.25, 0.3) is 5.91 Å². The molecular weight excluding hydrogens is 350 g/mol. The van der Waals surface area contributed by atoms with E-state index in [4.69, 9.17) is 9.47 Å². The van der Waals surface area contributed by atoms with Crippen molar-refractivity contribution in [1.29, 1.82) is 0 Å². The number of aromatic nitrogens is 1. The van der Waals surface area contributed by atoms with E-state index in [1.807, 2.05) is 17.5 Å². The van der Waals surface area contributed by atoms with Gasteiger partial charge in [-0.05, 0) is 38.1 Å². The summed E-state index contributed by atoms with van der Waals surface area (Å²) < 4.78 is 11.1. The zero-order valence-electron chi connectivity index (χ0n) is 15.2. The Bertz CT molecular complexity index is 695. The molecule has 0 atom stereocenters. The number of ether oxygens (including phenoxy) is 2. The Hall–Kier alpha value is -1.96. The van der Waals surface area contributed by atoms with Gasteiger partial charge in [0, 0.05) is 36.1 Å². The summed E-state index contributed by atoms with van der Waals surface area (Å²) in [7, 11) is 0. The molecule has 1 fully saturated rings. The highest BCUT2D eigenvalue weighted by Crippen LogP contribution is 2.17. The lowest BCUT2D eigenvalue weighted by atomic mass is 10.0. The van der Waals surface area contributed by atoms with Crippen LogP contribution < -0.4 is 10.1 Å². The minimum atomic E-state index is -0.101. The fraction of sp³-hybridized carbons (Fsp3) is 0.474. The van der Waals surface area contributed by atoms with Gasteiger partial charge in [0.2, 0.25) is 0 Å². The Balaban J connectivity index is 1.49. The SMILES string of the molecule is CC(C)(CNC(=O)c1ccc(OCc2cscn2)cc1)N1CCOCC1. The first-order valence-corrected chi connectivity index (χ1v) is 9.70. The first-order chi connectivity index (χ1) is 12.5. The van der Waals surface area contributed by atoms with E-state index < -0.39 is 0 Å². The van der Waals surface area contributed by atoms with Gasteiger partial charge in [0.1, 0.15) is 12.4 Å². The maximum atomic E-state index is 12.4. The zero-order chi connectivity index (χ0) is 18.4. The van der Waals surface area contributed by atoms with Crippen molar-refractivity contribution in [3.63, 3.8) is 0 Å². The molecule has 0 aliphatic carbocycles. The summed E-state index contributed by atoms with van der Waals surface area (Å²) in [6.45, 7) is 8.61. The summed E-state index contributed by atoms with van der Waals surface area (Å²) in [5, 5.41) is 5.00. The van der Waals surface area contributed by atoms with Gasteiger partial charge in [-0.25, -0.2) is 4.98 Å². The Morgan fingerprint density at radius 1 is 1.31 bits per heavy atom. The Labute approximate surface area is 158 Å². The van der Waals surface area contributed by atoms with E-state index in [2.05, 4.69) is 29.0 Å². The second-order valence-corrected chi connectivity index (χ2v) is 7.61. The molecule has 2 heterocycles. The van der Waals surface area contributed by atoms with Gasteiger partial charge in [0.15, 0.2) is 0 Å². The molecular formula is C19H25N3O3S. The van der Waals surface area contributed by atoms with Gasteiger partial charge >= 0.3 is 0 Å². The van der Waals surface area contributed by atoms with Crippen LogP contribution >= 0.6 is 11.3 Å². The summed E-state index contributed by atoms with van der Waals surface area (Å²) in [5.74, 6) is 0.653. The quantitative estimate of drug-likeness (QED) is 0.806. The molecule has 1 saturated heterocycles. The van der Waals surface area contributed by atoms with Crippen molar-refractivity contribution in [2.75, 3.05) is 32.8 Å². The summed E-state index contributed by atoms with van der Waals surface area (Å²) >= 11 is 1.54. The van der Waals surface area contributed by atoms with Gasteiger partial charge in [-0.3, -0.25) is 9.69 Å². The Morgan fingerprint density at radius 3 is 2.69 bits per heavy atom. The lowest BCUT2D eigenvalue weighted by Crippen LogP contribution is -2.55. The fourth-order valence-electron chi connectivity index (χ4n) is 2.85. The van der Waals surface area contributed by atoms with Gasteiger partial charge in [-0.2, -0.15) is 0 Å². The van der Waals surface area contributed by atoms with Crippen molar-refractivity contribution in [3.8, 4) is 5.75 Å². The highest BCUT2D eigenvalue weighted by molar-refractivity contribution is 7.07. The molecule has 1 aromatic carbocycles. The monoisotopic (exact) mass is 375 g/mol. The maximum Gasteiger partial charge on any atom is 0.251 e. The van der Waals surface area contributed by atoms with Crippen LogP contribution in [0.3, 0.4) is 0 Å². The summed E-state index contributed by atoms with van der Waals surface area (Å²) in [6, 6.07) is 7.20. The van der Waals surface area contributed by atoms with Gasteiger partial charge in [-0.15, -0.1) is 11.3 Å². The van der Waals surface area contributed by atoms with Gasteiger partial charge in [0.05, 0.1) is 24.4 Å². The molecule has 26 heavy (non-hydrogen) atoms. The van der Waals surface area contributed by atoms with Crippen LogP contribution in [0.25, 0.3) is 0 Å². The molecule has 0 spiro atoms. The summed E-state index contributed by atoms with van der Waals surface area (Å²) in [6.07, 6.45) is 0. The van der Waals surface area contributed by atoms with Crippen LogP contribution in [-0.4, -0.2) is 54.2 Å². The molecule has 0 unspecified atom stereocenters. The standard InChI is InChI=1S/C19H25N3O3S/c1-19(2,22-7-9-24-10-8-22)13-20-18(23)15-3-5-17(6-4-15)25-11-16-12-26-14-21-16/h3-6,12,14H,7-11,13H2,1-2H3,(H,20,23). The topological polar surface area (TPSA) is 63.7 Å². The predicted octanol–water partition coefficient (Wildman–Crippen LogP) is 2.56. The second kappa shape index (κ2) is 8.62. The molecule has 0 bridgehead atoms. The van der Waals surface area contributed by atoms with E-state index in [1.54, 1.807) is 29.0 Å². The van der Waals surface area contributed by atoms with Crippen LogP contribution in [0, 0.1) is 0 Å². The van der Waals surface area contributed by atoms with E-state index in [0.717, 1.165) is 37.7 Å². The molecule has 6 nitrogen and oxygen atoms in total. The molecule has 7 heteroatoms. The van der Waals surface area contributed by atoms with E-state index in [1.165, 1.54) is 0 Å². The average molecular weight is 375 g/mol. The smallest absolute Gasteiger partial charge is 0.251 e. The number of amides is 1. The van der Waals surface area contributed by atoms with Crippen LogP contribution in [0.2, 0.25) is 0 Å². The number of carbonyl (C=O) groups is 1. The molecule has 2 aromatic rings. The Morgan fingerprint density at radius 2 is 2.04 bits per heavy atom. The Kier molecular flexibility index (Phi) is 6.24. The lowest BCUT2D eigenvalue weighted by molar-refractivity contribution is -0.00923. The van der Waals surface area contributed by atoms with Crippen LogP contribution in [0.4, 0.5) is 0 Å². The molecule has 0 saturated carbocycles. The van der Waals surface area contributed by atoms with Crippen molar-refractivity contribution in [2.45, 2.75) is 26.0 Å². The minimum Gasteiger partial charge on any atom is -0.487 e. The number of nitrogens with zero attached hydrogens (tertiary/aromatic N) is 2. The molecule has 0 radical (unpaired) electrons. The summed E-state index contributed by atoms with van der Waals surface area (Å²) in [5.41, 5.74) is 3.21. The number of carbonyl (C=O) groups excluding carboxylic acids is 1. The molecule has 140 valence electrons. The molecule has 1 amide bonds. The van der Waals surface area contributed by atoms with Crippen LogP contribution in [0.5, 0.6) is 5.75 Å². The third-order valence-corrected chi connectivity index (χ3v) is 5.17. The summed E-state index contributed by atoms with van der Waals surface area (Å²) in [4.78, 5) is 19.0. The van der Waals surface area contributed by atoms with Crippen molar-refractivity contribution in [1.82, 2.24) is 15.2 Å². The van der Waals surface area contributed by atoms with Crippen LogP contribution in [-0.2, 0) is 11.3 Å². The normalized spacial score (nSPS) is 15.6. The highest BCUT2D eigenvalue weighted by atomic mass is 32.1. The number of nitrogens with one attached hydrogen (secondary N) is 1. The number of morpholine rings is 1. The highest BCUT2D eigenvalue weighted by Gasteiger charge is 2.28. The van der Waals surface area contributed by atoms with E-state index in [-0.39, 0.29) is 11.4 Å². The van der Waals surface area contributed by atoms with E-state index in [0.29, 0.717) is 18.7 Å². The third kappa shape index (κ3) is 5.03. The van der Waals surface area contributed by atoms with Gasteiger partial charge < -0.3 is 14.8 Å². The molecule has 3 rings (SSSR count). The largest absolute Gasteiger partial charge is 0.487 e. The second-order valence-electron chi connectivity index (χ2n) is 6.89. The molecule has 1 aromatic heterocycles. The zero-order valence-corrected chi connectivity index (χ0v) is 16.1. The van der Waals surface area contributed by atoms with Crippen molar-refractivity contribution in [3.05, 3.63) is 46.4 Å². The molecule has 1 aliphatic heterocycles. The van der Waals surface area contributed by atoms with Crippen molar-refractivity contribution >= 4 is 17.2 Å². The van der Waals surface area contributed by atoms with E-state index in [9.17, 15) is 4.79 Å². The lowest BCUT2D eigenvalue weighted by Gasteiger charge is -2.40.